The Labute approximate surface area is 199 Å². The molecule has 26 heavy (non-hydrogen) atoms. The fourth-order valence-electron chi connectivity index (χ4n) is 1.38. The van der Waals surface area contributed by atoms with Crippen LogP contribution in [0.5, 0.6) is 0 Å². The third-order valence-electron chi connectivity index (χ3n) is 2.98. The maximum Gasteiger partial charge on any atom is 1.00 e. The van der Waals surface area contributed by atoms with E-state index in [2.05, 4.69) is 16.1 Å². The Morgan fingerprint density at radius 1 is 1.27 bits per heavy atom. The quantitative estimate of drug-likeness (QED) is 0.120. The van der Waals surface area contributed by atoms with E-state index in [0.717, 1.165) is 6.42 Å². The molecule has 0 aromatic rings. The maximum atomic E-state index is 11.7. The van der Waals surface area contributed by atoms with Gasteiger partial charge in [-0.1, -0.05) is 26.8 Å². The molecule has 0 spiro atoms. The van der Waals surface area contributed by atoms with Gasteiger partial charge >= 0.3 is 63.4 Å². The molecular formula is C15H26KNO8S. The summed E-state index contributed by atoms with van der Waals surface area (Å²) in [6, 6.07) is 0. The smallest absolute Gasteiger partial charge is 0.750 e. The van der Waals surface area contributed by atoms with Crippen molar-refractivity contribution in [1.82, 2.24) is 5.32 Å². The molecule has 0 aliphatic carbocycles. The van der Waals surface area contributed by atoms with Crippen LogP contribution in [0, 0.1) is 5.92 Å². The van der Waals surface area contributed by atoms with Gasteiger partial charge in [-0.3, -0.25) is 4.18 Å². The Bertz CT molecular complexity index is 463. The summed E-state index contributed by atoms with van der Waals surface area (Å²) in [6.45, 7) is 9.04. The molecule has 0 heterocycles. The van der Waals surface area contributed by atoms with Crippen molar-refractivity contribution in [2.75, 3.05) is 33.0 Å². The first-order valence-electron chi connectivity index (χ1n) is 7.83. The van der Waals surface area contributed by atoms with Gasteiger partial charge in [0.2, 0.25) is 0 Å². The van der Waals surface area contributed by atoms with Crippen molar-refractivity contribution >= 4 is 23.4 Å². The molecule has 0 rings (SSSR count). The summed E-state index contributed by atoms with van der Waals surface area (Å²) in [5.74, 6) is -0.232. The molecule has 0 saturated carbocycles. The number of esters is 1. The van der Waals surface area contributed by atoms with Gasteiger partial charge in [-0.15, -0.1) is 0 Å². The second kappa shape index (κ2) is 17.3. The Hall–Kier alpha value is 0.146. The minimum absolute atomic E-state index is 0. The van der Waals surface area contributed by atoms with Gasteiger partial charge in [0.1, 0.15) is 13.2 Å². The molecule has 0 radical (unpaired) electrons. The van der Waals surface area contributed by atoms with E-state index in [-0.39, 0.29) is 83.3 Å². The molecule has 0 bridgehead atoms. The van der Waals surface area contributed by atoms with E-state index in [1.165, 1.54) is 6.92 Å². The standard InChI is InChI=1S/C15H27NO8S.K/c1-5-12(4)8-21-9-13(10-23-25(19)20)24-15(18)16-6-7-22-14(17)11(2)3;/h12-13H,2,5-10H2,1,3-4H3,(H,16,18)(H,19,20);/q;+1/p-1. The van der Waals surface area contributed by atoms with E-state index in [0.29, 0.717) is 12.5 Å². The first kappa shape index (κ1) is 28.4. The number of hydrogen-bond donors (Lipinski definition) is 1. The Kier molecular flexibility index (Phi) is 18.8. The van der Waals surface area contributed by atoms with Crippen molar-refractivity contribution in [1.29, 1.82) is 0 Å². The Morgan fingerprint density at radius 2 is 1.92 bits per heavy atom. The molecule has 0 aromatic carbocycles. The van der Waals surface area contributed by atoms with Crippen LogP contribution in [0.25, 0.3) is 0 Å². The molecule has 0 aliphatic heterocycles. The molecule has 1 N–H and O–H groups in total. The van der Waals surface area contributed by atoms with Gasteiger partial charge in [0.15, 0.2) is 6.10 Å². The molecule has 9 nitrogen and oxygen atoms in total. The van der Waals surface area contributed by atoms with E-state index in [9.17, 15) is 18.4 Å². The van der Waals surface area contributed by atoms with Gasteiger partial charge in [-0.05, 0) is 12.8 Å². The molecule has 11 heteroatoms. The van der Waals surface area contributed by atoms with E-state index in [1.54, 1.807) is 0 Å². The van der Waals surface area contributed by atoms with Crippen LogP contribution in [-0.4, -0.2) is 59.9 Å². The molecule has 0 aromatic heterocycles. The van der Waals surface area contributed by atoms with Gasteiger partial charge in [0.25, 0.3) is 0 Å². The zero-order valence-corrected chi connectivity index (χ0v) is 19.7. The average molecular weight is 420 g/mol. The molecule has 1 amide bonds. The summed E-state index contributed by atoms with van der Waals surface area (Å²) in [5.41, 5.74) is 0.254. The third kappa shape index (κ3) is 16.3. The topological polar surface area (TPSA) is 123 Å². The second-order valence-corrected chi connectivity index (χ2v) is 6.05. The predicted molar refractivity (Wildman–Crippen MR) is 89.2 cm³/mol. The van der Waals surface area contributed by atoms with Gasteiger partial charge in [-0.25, -0.2) is 13.8 Å². The van der Waals surface area contributed by atoms with Gasteiger partial charge in [-0.2, -0.15) is 0 Å². The van der Waals surface area contributed by atoms with Crippen LogP contribution >= 0.6 is 0 Å². The minimum atomic E-state index is -2.72. The number of ether oxygens (including phenoxy) is 3. The van der Waals surface area contributed by atoms with E-state index >= 15 is 0 Å². The van der Waals surface area contributed by atoms with E-state index < -0.39 is 29.5 Å². The maximum absolute atomic E-state index is 11.7. The zero-order valence-electron chi connectivity index (χ0n) is 15.8. The summed E-state index contributed by atoms with van der Waals surface area (Å²) in [7, 11) is 0. The van der Waals surface area contributed by atoms with Crippen molar-refractivity contribution < 1.29 is 88.1 Å². The summed E-state index contributed by atoms with van der Waals surface area (Å²) in [6.07, 6.45) is -0.764. The van der Waals surface area contributed by atoms with E-state index in [1.807, 2.05) is 13.8 Å². The number of rotatable bonds is 13. The first-order valence-corrected chi connectivity index (χ1v) is 8.83. The van der Waals surface area contributed by atoms with Crippen LogP contribution < -0.4 is 56.7 Å². The van der Waals surface area contributed by atoms with Gasteiger partial charge in [0, 0.05) is 12.2 Å². The fourth-order valence-corrected chi connectivity index (χ4v) is 1.64. The summed E-state index contributed by atoms with van der Waals surface area (Å²) >= 11 is -2.72. The molecule has 146 valence electrons. The number of carbonyl (C=O) groups excluding carboxylic acids is 2. The van der Waals surface area contributed by atoms with Crippen molar-refractivity contribution in [3.63, 3.8) is 0 Å². The third-order valence-corrected chi connectivity index (χ3v) is 3.31. The number of amides is 1. The van der Waals surface area contributed by atoms with Crippen LogP contribution in [0.4, 0.5) is 4.79 Å². The monoisotopic (exact) mass is 419 g/mol. The Balaban J connectivity index is 0. The fraction of sp³-hybridized carbons (Fsp3) is 0.733. The summed E-state index contributed by atoms with van der Waals surface area (Å²) in [5, 5.41) is 2.37. The number of nitrogens with one attached hydrogen (secondary N) is 1. The van der Waals surface area contributed by atoms with Crippen LogP contribution in [0.2, 0.25) is 0 Å². The van der Waals surface area contributed by atoms with Crippen LogP contribution in [-0.2, 0) is 34.5 Å². The average Bonchev–Trinajstić information content (AvgIpc) is 2.55. The number of hydrogen-bond acceptors (Lipinski definition) is 8. The zero-order chi connectivity index (χ0) is 19.2. The minimum Gasteiger partial charge on any atom is -0.750 e. The van der Waals surface area contributed by atoms with E-state index in [4.69, 9.17) is 14.2 Å². The van der Waals surface area contributed by atoms with Crippen molar-refractivity contribution in [3.05, 3.63) is 12.2 Å². The normalized spacial score (nSPS) is 13.7. The van der Waals surface area contributed by atoms with Crippen LogP contribution in [0.15, 0.2) is 12.2 Å². The second-order valence-electron chi connectivity index (χ2n) is 5.41. The molecule has 0 aliphatic rings. The first-order chi connectivity index (χ1) is 11.8. The van der Waals surface area contributed by atoms with Crippen LogP contribution in [0.1, 0.15) is 27.2 Å². The Morgan fingerprint density at radius 3 is 2.46 bits per heavy atom. The van der Waals surface area contributed by atoms with Crippen molar-refractivity contribution in [2.24, 2.45) is 5.92 Å². The van der Waals surface area contributed by atoms with Gasteiger partial charge < -0.3 is 24.1 Å². The number of alkyl carbamates (subject to hydrolysis) is 1. The number of carbonyl (C=O) groups is 2. The molecule has 3 atom stereocenters. The summed E-state index contributed by atoms with van der Waals surface area (Å²) in [4.78, 5) is 22.8. The summed E-state index contributed by atoms with van der Waals surface area (Å²) < 4.78 is 40.6. The molecule has 3 unspecified atom stereocenters. The van der Waals surface area contributed by atoms with Crippen molar-refractivity contribution in [2.45, 2.75) is 33.3 Å². The molecular weight excluding hydrogens is 393 g/mol. The largest absolute Gasteiger partial charge is 1.00 e. The molecule has 0 saturated heterocycles. The van der Waals surface area contributed by atoms with Crippen molar-refractivity contribution in [3.8, 4) is 0 Å². The van der Waals surface area contributed by atoms with Crippen LogP contribution in [0.3, 0.4) is 0 Å². The predicted octanol–water partition coefficient (Wildman–Crippen LogP) is -1.92. The van der Waals surface area contributed by atoms with Gasteiger partial charge in [0.05, 0.1) is 24.5 Å². The molecule has 0 fully saturated rings. The SMILES string of the molecule is C=C(C)C(=O)OCCNC(=O)OC(COCC(C)CC)COS(=O)[O-].[K+].